The van der Waals surface area contributed by atoms with E-state index in [2.05, 4.69) is 10.4 Å². The molecular formula is C16H16F3N3O3. The SMILES string of the molecule is CC(C)CNC(=O)c1ccc(-n2ncc(C(=O)O)c2C(F)(F)F)cc1. The number of nitrogens with zero attached hydrogens (tertiary/aromatic N) is 2. The molecule has 2 aromatic rings. The number of aromatic carboxylic acids is 1. The highest BCUT2D eigenvalue weighted by atomic mass is 19.4. The second-order valence-corrected chi connectivity index (χ2v) is 5.77. The van der Waals surface area contributed by atoms with Gasteiger partial charge in [-0.3, -0.25) is 4.79 Å². The van der Waals surface area contributed by atoms with E-state index in [0.717, 1.165) is 0 Å². The number of aromatic nitrogens is 2. The van der Waals surface area contributed by atoms with Crippen molar-refractivity contribution in [1.29, 1.82) is 0 Å². The van der Waals surface area contributed by atoms with Crippen molar-refractivity contribution in [3.05, 3.63) is 47.3 Å². The summed E-state index contributed by atoms with van der Waals surface area (Å²) in [6.07, 6.45) is -4.24. The molecule has 1 aromatic heterocycles. The van der Waals surface area contributed by atoms with Crippen molar-refractivity contribution in [1.82, 2.24) is 15.1 Å². The number of alkyl halides is 3. The molecule has 1 amide bonds. The number of carboxylic acids is 1. The number of halogens is 3. The van der Waals surface area contributed by atoms with Crippen LogP contribution in [-0.4, -0.2) is 33.3 Å². The van der Waals surface area contributed by atoms with Crippen molar-refractivity contribution in [2.45, 2.75) is 20.0 Å². The fourth-order valence-corrected chi connectivity index (χ4v) is 2.13. The van der Waals surface area contributed by atoms with E-state index in [-0.39, 0.29) is 23.1 Å². The van der Waals surface area contributed by atoms with Gasteiger partial charge in [-0.05, 0) is 30.2 Å². The van der Waals surface area contributed by atoms with Crippen molar-refractivity contribution in [2.24, 2.45) is 5.92 Å². The molecule has 0 aliphatic rings. The van der Waals surface area contributed by atoms with Gasteiger partial charge in [-0.25, -0.2) is 9.48 Å². The standard InChI is InChI=1S/C16H16F3N3O3/c1-9(2)7-20-14(23)10-3-5-11(6-4-10)22-13(16(17,18)19)12(8-21-22)15(24)25/h3-6,8-9H,7H2,1-2H3,(H,20,23)(H,24,25). The molecule has 0 radical (unpaired) electrons. The maximum Gasteiger partial charge on any atom is 0.434 e. The Bertz CT molecular complexity index is 780. The van der Waals surface area contributed by atoms with Crippen LogP contribution in [0.4, 0.5) is 13.2 Å². The first-order valence-electron chi connectivity index (χ1n) is 7.38. The molecule has 2 N–H and O–H groups in total. The van der Waals surface area contributed by atoms with Gasteiger partial charge in [0.15, 0.2) is 5.69 Å². The molecule has 0 saturated carbocycles. The molecule has 0 saturated heterocycles. The lowest BCUT2D eigenvalue weighted by Gasteiger charge is -2.12. The molecule has 6 nitrogen and oxygen atoms in total. The Morgan fingerprint density at radius 1 is 1.24 bits per heavy atom. The summed E-state index contributed by atoms with van der Waals surface area (Å²) in [5.41, 5.74) is -2.04. The topological polar surface area (TPSA) is 84.2 Å². The zero-order valence-electron chi connectivity index (χ0n) is 13.5. The van der Waals surface area contributed by atoms with Crippen molar-refractivity contribution in [3.63, 3.8) is 0 Å². The van der Waals surface area contributed by atoms with E-state index in [0.29, 0.717) is 17.4 Å². The lowest BCUT2D eigenvalue weighted by Crippen LogP contribution is -2.27. The van der Waals surface area contributed by atoms with Crippen LogP contribution < -0.4 is 5.32 Å². The minimum absolute atomic E-state index is 0.000217. The second-order valence-electron chi connectivity index (χ2n) is 5.77. The highest BCUT2D eigenvalue weighted by Gasteiger charge is 2.40. The van der Waals surface area contributed by atoms with Crippen LogP contribution in [0.25, 0.3) is 5.69 Å². The van der Waals surface area contributed by atoms with Crippen LogP contribution in [0.3, 0.4) is 0 Å². The number of carbonyl (C=O) groups is 2. The average molecular weight is 355 g/mol. The molecule has 0 atom stereocenters. The Hall–Kier alpha value is -2.84. The third-order valence-corrected chi connectivity index (χ3v) is 3.31. The molecule has 9 heteroatoms. The van der Waals surface area contributed by atoms with Gasteiger partial charge < -0.3 is 10.4 Å². The number of rotatable bonds is 5. The van der Waals surface area contributed by atoms with Gasteiger partial charge in [0.2, 0.25) is 0 Å². The summed E-state index contributed by atoms with van der Waals surface area (Å²) in [5, 5.41) is 15.1. The molecule has 0 aliphatic carbocycles. The summed E-state index contributed by atoms with van der Waals surface area (Å²) in [4.78, 5) is 22.9. The summed E-state index contributed by atoms with van der Waals surface area (Å²) in [6.45, 7) is 4.33. The number of benzene rings is 1. The molecule has 1 aromatic carbocycles. The molecule has 0 bridgehead atoms. The molecule has 1 heterocycles. The van der Waals surface area contributed by atoms with E-state index in [1.165, 1.54) is 24.3 Å². The third kappa shape index (κ3) is 4.17. The van der Waals surface area contributed by atoms with E-state index in [4.69, 9.17) is 5.11 Å². The normalized spacial score (nSPS) is 11.6. The smallest absolute Gasteiger partial charge is 0.434 e. The summed E-state index contributed by atoms with van der Waals surface area (Å²) in [7, 11) is 0. The minimum Gasteiger partial charge on any atom is -0.478 e. The molecule has 0 unspecified atom stereocenters. The summed E-state index contributed by atoms with van der Waals surface area (Å²) in [6, 6.07) is 5.26. The highest BCUT2D eigenvalue weighted by Crippen LogP contribution is 2.33. The number of carboxylic acid groups (broad SMARTS) is 1. The van der Waals surface area contributed by atoms with E-state index >= 15 is 0 Å². The first-order chi connectivity index (χ1) is 11.6. The third-order valence-electron chi connectivity index (χ3n) is 3.31. The predicted octanol–water partition coefficient (Wildman–Crippen LogP) is 2.98. The Labute approximate surface area is 141 Å². The van der Waals surface area contributed by atoms with Gasteiger partial charge in [0.1, 0.15) is 5.56 Å². The summed E-state index contributed by atoms with van der Waals surface area (Å²) >= 11 is 0. The number of nitrogens with one attached hydrogen (secondary N) is 1. The molecular weight excluding hydrogens is 339 g/mol. The van der Waals surface area contributed by atoms with Crippen molar-refractivity contribution in [2.75, 3.05) is 6.54 Å². The molecule has 0 fully saturated rings. The fourth-order valence-electron chi connectivity index (χ4n) is 2.13. The Kier molecular flexibility index (Phi) is 5.15. The fraction of sp³-hybridized carbons (Fsp3) is 0.312. The van der Waals surface area contributed by atoms with Crippen LogP contribution in [0.15, 0.2) is 30.5 Å². The molecule has 134 valence electrons. The first kappa shape index (κ1) is 18.5. The van der Waals surface area contributed by atoms with E-state index in [9.17, 15) is 22.8 Å². The molecule has 2 rings (SSSR count). The molecule has 25 heavy (non-hydrogen) atoms. The average Bonchev–Trinajstić information content (AvgIpc) is 2.98. The molecule has 0 spiro atoms. The van der Waals surface area contributed by atoms with Gasteiger partial charge in [0.05, 0.1) is 11.9 Å². The maximum atomic E-state index is 13.2. The zero-order chi connectivity index (χ0) is 18.8. The van der Waals surface area contributed by atoms with E-state index in [1.807, 2.05) is 13.8 Å². The van der Waals surface area contributed by atoms with Crippen LogP contribution >= 0.6 is 0 Å². The van der Waals surface area contributed by atoms with Gasteiger partial charge in [-0.1, -0.05) is 13.8 Å². The quantitative estimate of drug-likeness (QED) is 0.864. The highest BCUT2D eigenvalue weighted by molar-refractivity contribution is 5.94. The van der Waals surface area contributed by atoms with Crippen LogP contribution in [0.1, 0.15) is 40.3 Å². The minimum atomic E-state index is -4.89. The largest absolute Gasteiger partial charge is 0.478 e. The molecule has 0 aliphatic heterocycles. The van der Waals surface area contributed by atoms with Crippen LogP contribution in [0, 0.1) is 5.92 Å². The monoisotopic (exact) mass is 355 g/mol. The van der Waals surface area contributed by atoms with Crippen LogP contribution in [0.5, 0.6) is 0 Å². The van der Waals surface area contributed by atoms with Gasteiger partial charge in [0, 0.05) is 12.1 Å². The van der Waals surface area contributed by atoms with E-state index in [1.54, 1.807) is 0 Å². The lowest BCUT2D eigenvalue weighted by molar-refractivity contribution is -0.143. The van der Waals surface area contributed by atoms with Crippen molar-refractivity contribution in [3.8, 4) is 5.69 Å². The number of amides is 1. The summed E-state index contributed by atoms with van der Waals surface area (Å²) in [5.74, 6) is -1.80. The predicted molar refractivity (Wildman–Crippen MR) is 82.7 cm³/mol. The number of hydrogen-bond acceptors (Lipinski definition) is 3. The van der Waals surface area contributed by atoms with Gasteiger partial charge in [0.25, 0.3) is 5.91 Å². The zero-order valence-corrected chi connectivity index (χ0v) is 13.5. The van der Waals surface area contributed by atoms with E-state index < -0.39 is 23.4 Å². The number of hydrogen-bond donors (Lipinski definition) is 2. The first-order valence-corrected chi connectivity index (χ1v) is 7.38. The Morgan fingerprint density at radius 3 is 2.32 bits per heavy atom. The lowest BCUT2D eigenvalue weighted by atomic mass is 10.1. The Balaban J connectivity index is 2.35. The van der Waals surface area contributed by atoms with Gasteiger partial charge in [-0.2, -0.15) is 18.3 Å². The number of carbonyl (C=O) groups excluding carboxylic acids is 1. The maximum absolute atomic E-state index is 13.2. The van der Waals surface area contributed by atoms with Crippen molar-refractivity contribution < 1.29 is 27.9 Å². The second kappa shape index (κ2) is 6.96. The Morgan fingerprint density at radius 2 is 1.84 bits per heavy atom. The van der Waals surface area contributed by atoms with Crippen molar-refractivity contribution >= 4 is 11.9 Å². The summed E-state index contributed by atoms with van der Waals surface area (Å²) < 4.78 is 40.0. The van der Waals surface area contributed by atoms with Crippen LogP contribution in [0.2, 0.25) is 0 Å². The van der Waals surface area contributed by atoms with Crippen LogP contribution in [-0.2, 0) is 6.18 Å². The van der Waals surface area contributed by atoms with Gasteiger partial charge in [-0.15, -0.1) is 0 Å². The van der Waals surface area contributed by atoms with Gasteiger partial charge >= 0.3 is 12.1 Å².